The molecule has 1 aliphatic rings. The summed E-state index contributed by atoms with van der Waals surface area (Å²) in [5, 5.41) is 59.2. The number of ether oxygens (including phenoxy) is 1. The number of aromatic nitrogens is 3. The molecule has 4 atom stereocenters. The van der Waals surface area contributed by atoms with Crippen molar-refractivity contribution in [2.24, 2.45) is 21.8 Å². The van der Waals surface area contributed by atoms with E-state index in [1.165, 1.54) is 0 Å². The van der Waals surface area contributed by atoms with Gasteiger partial charge in [-0.1, -0.05) is 10.3 Å². The second kappa shape index (κ2) is 6.10. The minimum absolute atomic E-state index is 0.226. The topological polar surface area (TPSA) is 218 Å². The minimum atomic E-state index is -1.44. The third kappa shape index (κ3) is 2.52. The first-order chi connectivity index (χ1) is 10.4. The van der Waals surface area contributed by atoms with E-state index in [4.69, 9.17) is 31.7 Å². The van der Waals surface area contributed by atoms with Crippen LogP contribution in [0.15, 0.2) is 10.3 Å². The molecule has 2 heterocycles. The molecule has 0 aliphatic carbocycles. The molecule has 0 spiro atoms. The van der Waals surface area contributed by atoms with Crippen LogP contribution in [0.4, 0.5) is 0 Å². The van der Waals surface area contributed by atoms with E-state index in [1.54, 1.807) is 0 Å². The smallest absolute Gasteiger partial charge is 0.198 e. The summed E-state index contributed by atoms with van der Waals surface area (Å²) in [6, 6.07) is 0. The molecule has 122 valence electrons. The quantitative estimate of drug-likeness (QED) is 0.124. The standard InChI is InChI=1S/C9H15N7O6/c10-7(14-20)3-4(8(11)15-21)13-16(12-3)9-6(19)5(18)2(1-17)22-9/h2,5-6,9,17-21H,1H2,(H2,10,14)(H2,11,15)/t2-,5-,6-,9-/m1/s1. The van der Waals surface area contributed by atoms with E-state index >= 15 is 0 Å². The van der Waals surface area contributed by atoms with Crippen molar-refractivity contribution < 1.29 is 30.5 Å². The highest BCUT2D eigenvalue weighted by molar-refractivity contribution is 6.07. The Balaban J connectivity index is 2.43. The van der Waals surface area contributed by atoms with Crippen LogP contribution in [-0.2, 0) is 4.74 Å². The molecule has 0 aromatic carbocycles. The summed E-state index contributed by atoms with van der Waals surface area (Å²) in [6.45, 7) is -0.532. The highest BCUT2D eigenvalue weighted by atomic mass is 16.6. The normalized spacial score (nSPS) is 30.0. The molecule has 0 amide bonds. The number of aliphatic hydroxyl groups is 3. The summed E-state index contributed by atoms with van der Waals surface area (Å²) in [6.07, 6.45) is -5.09. The van der Waals surface area contributed by atoms with Gasteiger partial charge in [0.05, 0.1) is 6.61 Å². The molecule has 0 bridgehead atoms. The van der Waals surface area contributed by atoms with E-state index in [0.717, 1.165) is 4.80 Å². The molecule has 0 unspecified atom stereocenters. The first kappa shape index (κ1) is 15.9. The molecule has 2 rings (SSSR count). The van der Waals surface area contributed by atoms with Crippen molar-refractivity contribution in [3.63, 3.8) is 0 Å². The number of rotatable bonds is 4. The molecule has 0 saturated carbocycles. The molecule has 1 fully saturated rings. The first-order valence-corrected chi connectivity index (χ1v) is 5.99. The Morgan fingerprint density at radius 2 is 1.59 bits per heavy atom. The lowest BCUT2D eigenvalue weighted by Crippen LogP contribution is -2.33. The Kier molecular flexibility index (Phi) is 4.41. The van der Waals surface area contributed by atoms with Gasteiger partial charge in [-0.3, -0.25) is 0 Å². The van der Waals surface area contributed by atoms with Crippen molar-refractivity contribution in [2.75, 3.05) is 6.61 Å². The van der Waals surface area contributed by atoms with Gasteiger partial charge >= 0.3 is 0 Å². The monoisotopic (exact) mass is 317 g/mol. The zero-order chi connectivity index (χ0) is 16.4. The van der Waals surface area contributed by atoms with Crippen molar-refractivity contribution in [2.45, 2.75) is 24.5 Å². The molecule has 1 aliphatic heterocycles. The Hall–Kier alpha value is -2.48. The largest absolute Gasteiger partial charge is 0.409 e. The molecular weight excluding hydrogens is 302 g/mol. The van der Waals surface area contributed by atoms with Crippen LogP contribution in [0.2, 0.25) is 0 Å². The number of hydrogen-bond donors (Lipinski definition) is 7. The van der Waals surface area contributed by atoms with E-state index in [-0.39, 0.29) is 11.4 Å². The van der Waals surface area contributed by atoms with Crippen LogP contribution < -0.4 is 11.5 Å². The molecule has 22 heavy (non-hydrogen) atoms. The zero-order valence-electron chi connectivity index (χ0n) is 11.1. The molecule has 1 aromatic rings. The molecule has 1 saturated heterocycles. The Bertz CT molecular complexity index is 566. The Morgan fingerprint density at radius 1 is 1.09 bits per heavy atom. The Morgan fingerprint density at radius 3 is 1.95 bits per heavy atom. The summed E-state index contributed by atoms with van der Waals surface area (Å²) in [7, 11) is 0. The average Bonchev–Trinajstić information content (AvgIpc) is 3.08. The van der Waals surface area contributed by atoms with Gasteiger partial charge in [0.2, 0.25) is 0 Å². The Labute approximate surface area is 122 Å². The van der Waals surface area contributed by atoms with E-state index in [2.05, 4.69) is 20.5 Å². The SMILES string of the molecule is N/C(=N\O)c1nn([C@@H]2O[C@H](CO)[C@@H](O)[C@H]2O)nc1/C(N)=N/O. The summed E-state index contributed by atoms with van der Waals surface area (Å²) >= 11 is 0. The number of aliphatic hydroxyl groups excluding tert-OH is 3. The van der Waals surface area contributed by atoms with Gasteiger partial charge in [0.15, 0.2) is 29.3 Å². The fourth-order valence-corrected chi connectivity index (χ4v) is 1.95. The number of nitrogens with two attached hydrogens (primary N) is 2. The molecule has 0 radical (unpaired) electrons. The highest BCUT2D eigenvalue weighted by Gasteiger charge is 2.45. The maximum absolute atomic E-state index is 9.90. The van der Waals surface area contributed by atoms with Crippen LogP contribution in [0.25, 0.3) is 0 Å². The summed E-state index contributed by atoms with van der Waals surface area (Å²) in [4.78, 5) is 0.810. The highest BCUT2D eigenvalue weighted by Crippen LogP contribution is 2.28. The fourth-order valence-electron chi connectivity index (χ4n) is 1.95. The van der Waals surface area contributed by atoms with Crippen molar-refractivity contribution in [1.82, 2.24) is 15.0 Å². The van der Waals surface area contributed by atoms with Gasteiger partial charge in [-0.15, -0.1) is 10.2 Å². The second-order valence-corrected chi connectivity index (χ2v) is 4.42. The maximum Gasteiger partial charge on any atom is 0.198 e. The van der Waals surface area contributed by atoms with Gasteiger partial charge in [0.25, 0.3) is 0 Å². The van der Waals surface area contributed by atoms with Gasteiger partial charge < -0.3 is 41.9 Å². The maximum atomic E-state index is 9.90. The van der Waals surface area contributed by atoms with Gasteiger partial charge in [-0.25, -0.2) is 0 Å². The minimum Gasteiger partial charge on any atom is -0.409 e. The van der Waals surface area contributed by atoms with Crippen LogP contribution in [0.5, 0.6) is 0 Å². The van der Waals surface area contributed by atoms with Crippen molar-refractivity contribution >= 4 is 11.7 Å². The third-order valence-corrected chi connectivity index (χ3v) is 3.07. The van der Waals surface area contributed by atoms with E-state index in [9.17, 15) is 10.2 Å². The van der Waals surface area contributed by atoms with Gasteiger partial charge in [0, 0.05) is 0 Å². The number of oxime groups is 2. The van der Waals surface area contributed by atoms with Crippen molar-refractivity contribution in [1.29, 1.82) is 0 Å². The molecule has 9 N–H and O–H groups in total. The molecule has 1 aromatic heterocycles. The number of nitrogens with zero attached hydrogens (tertiary/aromatic N) is 5. The number of hydrogen-bond acceptors (Lipinski definition) is 10. The fraction of sp³-hybridized carbons (Fsp3) is 0.556. The van der Waals surface area contributed by atoms with Gasteiger partial charge in [0.1, 0.15) is 18.3 Å². The van der Waals surface area contributed by atoms with Crippen LogP contribution in [0.1, 0.15) is 17.6 Å². The second-order valence-electron chi connectivity index (χ2n) is 4.42. The summed E-state index contributed by atoms with van der Waals surface area (Å²) in [5.74, 6) is -0.945. The summed E-state index contributed by atoms with van der Waals surface area (Å²) in [5.41, 5.74) is 10.4. The van der Waals surface area contributed by atoms with E-state index < -0.39 is 42.8 Å². The lowest BCUT2D eigenvalue weighted by atomic mass is 10.1. The van der Waals surface area contributed by atoms with Crippen LogP contribution >= 0.6 is 0 Å². The first-order valence-electron chi connectivity index (χ1n) is 5.99. The van der Waals surface area contributed by atoms with Crippen LogP contribution in [-0.4, -0.2) is 77.3 Å². The van der Waals surface area contributed by atoms with Gasteiger partial charge in [-0.05, 0) is 0 Å². The van der Waals surface area contributed by atoms with E-state index in [0.29, 0.717) is 0 Å². The van der Waals surface area contributed by atoms with Crippen LogP contribution in [0.3, 0.4) is 0 Å². The number of amidine groups is 2. The van der Waals surface area contributed by atoms with Crippen molar-refractivity contribution in [3.8, 4) is 0 Å². The average molecular weight is 317 g/mol. The third-order valence-electron chi connectivity index (χ3n) is 3.07. The predicted molar refractivity (Wildman–Crippen MR) is 68.1 cm³/mol. The van der Waals surface area contributed by atoms with Crippen molar-refractivity contribution in [3.05, 3.63) is 11.4 Å². The van der Waals surface area contributed by atoms with Crippen LogP contribution in [0, 0.1) is 0 Å². The lowest BCUT2D eigenvalue weighted by molar-refractivity contribution is -0.0655. The van der Waals surface area contributed by atoms with Gasteiger partial charge in [-0.2, -0.15) is 4.80 Å². The lowest BCUT2D eigenvalue weighted by Gasteiger charge is -2.13. The molecule has 13 nitrogen and oxygen atoms in total. The zero-order valence-corrected chi connectivity index (χ0v) is 11.1. The van der Waals surface area contributed by atoms with E-state index in [1.807, 2.05) is 0 Å². The predicted octanol–water partition coefficient (Wildman–Crippen LogP) is -3.92. The molecular formula is C9H15N7O6. The summed E-state index contributed by atoms with van der Waals surface area (Å²) < 4.78 is 5.22. The molecule has 13 heteroatoms.